The number of hydrogen-bond donors (Lipinski definition) is 5. The Morgan fingerprint density at radius 3 is 2.38 bits per heavy atom. The van der Waals surface area contributed by atoms with Crippen molar-refractivity contribution in [2.24, 2.45) is 5.73 Å². The lowest BCUT2D eigenvalue weighted by Crippen LogP contribution is -2.54. The first-order valence-corrected chi connectivity index (χ1v) is 8.46. The maximum Gasteiger partial charge on any atom is 0.387 e. The third-order valence-electron chi connectivity index (χ3n) is 3.39. The van der Waals surface area contributed by atoms with E-state index in [1.54, 1.807) is 44.2 Å². The highest BCUT2D eigenvalue weighted by Gasteiger charge is 2.14. The first kappa shape index (κ1) is 21.7. The molecule has 0 heterocycles. The van der Waals surface area contributed by atoms with Gasteiger partial charge < -0.3 is 20.6 Å². The van der Waals surface area contributed by atoms with Crippen molar-refractivity contribution in [1.29, 1.82) is 10.7 Å². The Labute approximate surface area is 166 Å². The zero-order valence-corrected chi connectivity index (χ0v) is 15.7. The number of benzene rings is 2. The van der Waals surface area contributed by atoms with E-state index in [0.29, 0.717) is 16.9 Å². The fraction of sp³-hybridized carbons (Fsp3) is 0.222. The molecular weight excluding hydrogens is 384 g/mol. The second-order valence-corrected chi connectivity index (χ2v) is 5.95. The molecule has 0 aliphatic carbocycles. The van der Waals surface area contributed by atoms with Gasteiger partial charge in [0.1, 0.15) is 0 Å². The van der Waals surface area contributed by atoms with Crippen molar-refractivity contribution < 1.29 is 18.3 Å². The number of halogens is 2. The molecule has 0 aliphatic rings. The van der Waals surface area contributed by atoms with Crippen molar-refractivity contribution in [3.63, 3.8) is 0 Å². The molecule has 0 saturated heterocycles. The van der Waals surface area contributed by atoms with E-state index in [1.165, 1.54) is 17.1 Å². The number of ether oxygens (including phenoxy) is 2. The maximum atomic E-state index is 12.7. The summed E-state index contributed by atoms with van der Waals surface area (Å²) in [6.07, 6.45) is -0.217. The van der Waals surface area contributed by atoms with Gasteiger partial charge in [0.05, 0.1) is 29.1 Å². The lowest BCUT2D eigenvalue weighted by Gasteiger charge is -2.24. The smallest absolute Gasteiger partial charge is 0.387 e. The van der Waals surface area contributed by atoms with E-state index < -0.39 is 6.61 Å². The number of nitrogens with zero attached hydrogens (tertiary/aromatic N) is 2. The van der Waals surface area contributed by atoms with Gasteiger partial charge in [0.25, 0.3) is 0 Å². The predicted octanol–water partition coefficient (Wildman–Crippen LogP) is 2.68. The third-order valence-corrected chi connectivity index (χ3v) is 3.39. The van der Waals surface area contributed by atoms with E-state index in [4.69, 9.17) is 21.1 Å². The maximum absolute atomic E-state index is 12.7. The number of anilines is 2. The van der Waals surface area contributed by atoms with Crippen LogP contribution in [-0.2, 0) is 0 Å². The van der Waals surface area contributed by atoms with Crippen LogP contribution in [0.15, 0.2) is 42.5 Å². The highest BCUT2D eigenvalue weighted by Crippen LogP contribution is 2.32. The molecule has 154 valence electrons. The quantitative estimate of drug-likeness (QED) is 0.244. The average Bonchev–Trinajstić information content (AvgIpc) is 2.66. The molecule has 0 saturated carbocycles. The Kier molecular flexibility index (Phi) is 7.53. The molecule has 2 aromatic carbocycles. The van der Waals surface area contributed by atoms with Crippen molar-refractivity contribution >= 4 is 17.3 Å². The van der Waals surface area contributed by atoms with Crippen LogP contribution >= 0.6 is 0 Å². The molecule has 11 heteroatoms. The van der Waals surface area contributed by atoms with Gasteiger partial charge in [0, 0.05) is 6.07 Å². The van der Waals surface area contributed by atoms with E-state index in [1.807, 2.05) is 6.07 Å². The lowest BCUT2D eigenvalue weighted by molar-refractivity contribution is -0.0518. The molecule has 0 atom stereocenters. The molecule has 0 aliphatic heterocycles. The molecule has 0 radical (unpaired) electrons. The summed E-state index contributed by atoms with van der Waals surface area (Å²) in [6.45, 7) is 0.530. The van der Waals surface area contributed by atoms with Crippen LogP contribution in [0, 0.1) is 16.7 Å². The summed E-state index contributed by atoms with van der Waals surface area (Å²) < 4.78 is 35.3. The molecule has 0 amide bonds. The number of hydrazine groups is 3. The molecule has 0 bridgehead atoms. The van der Waals surface area contributed by atoms with Crippen LogP contribution in [0.5, 0.6) is 11.5 Å². The minimum atomic E-state index is -3.00. The number of nitrogens with two attached hydrogens (primary N) is 1. The number of rotatable bonds is 9. The van der Waals surface area contributed by atoms with E-state index >= 15 is 0 Å². The first-order chi connectivity index (χ1) is 13.8. The second-order valence-electron chi connectivity index (χ2n) is 5.95. The molecule has 6 N–H and O–H groups in total. The van der Waals surface area contributed by atoms with Gasteiger partial charge in [-0.25, -0.2) is 5.01 Å². The summed E-state index contributed by atoms with van der Waals surface area (Å²) in [5.74, 6) is -0.274. The molecule has 29 heavy (non-hydrogen) atoms. The molecule has 2 rings (SSSR count). The average molecular weight is 405 g/mol. The van der Waals surface area contributed by atoms with Gasteiger partial charge in [-0.2, -0.15) is 19.6 Å². The Morgan fingerprint density at radius 1 is 1.14 bits per heavy atom. The standard InChI is InChI=1S/C18H21F2N7O2/c1-11(2)28-15-8-5-13(9-16(15)29-17(19)20)24-25-26-27(18(22)23)14-6-3-12(10-21)4-7-14/h3-9,11,17,24-26H,1-2H3,(H3,22,23). The fourth-order valence-electron chi connectivity index (χ4n) is 2.23. The van der Waals surface area contributed by atoms with Crippen LogP contribution in [-0.4, -0.2) is 18.7 Å². The van der Waals surface area contributed by atoms with E-state index in [9.17, 15) is 8.78 Å². The van der Waals surface area contributed by atoms with Gasteiger partial charge >= 0.3 is 6.61 Å². The van der Waals surface area contributed by atoms with Crippen LogP contribution in [0.25, 0.3) is 0 Å². The van der Waals surface area contributed by atoms with E-state index in [2.05, 4.69) is 21.2 Å². The van der Waals surface area contributed by atoms with Crippen molar-refractivity contribution in [1.82, 2.24) is 11.1 Å². The Hall–Kier alpha value is -3.62. The highest BCUT2D eigenvalue weighted by atomic mass is 19.3. The summed E-state index contributed by atoms with van der Waals surface area (Å²) in [5, 5.41) is 17.7. The van der Waals surface area contributed by atoms with Crippen molar-refractivity contribution in [3.05, 3.63) is 48.0 Å². The van der Waals surface area contributed by atoms with Crippen LogP contribution in [0.1, 0.15) is 19.4 Å². The summed E-state index contributed by atoms with van der Waals surface area (Å²) in [4.78, 5) is 0. The number of alkyl halides is 2. The van der Waals surface area contributed by atoms with Gasteiger partial charge in [-0.1, -0.05) is 0 Å². The van der Waals surface area contributed by atoms with Crippen molar-refractivity contribution in [2.45, 2.75) is 26.6 Å². The van der Waals surface area contributed by atoms with Crippen LogP contribution < -0.4 is 36.7 Å². The SMILES string of the molecule is CC(C)Oc1ccc(NNNN(C(=N)N)c2ccc(C#N)cc2)cc1OC(F)F. The van der Waals surface area contributed by atoms with Gasteiger partial charge in [0.2, 0.25) is 5.96 Å². The first-order valence-electron chi connectivity index (χ1n) is 8.46. The minimum Gasteiger partial charge on any atom is -0.487 e. The van der Waals surface area contributed by atoms with Gasteiger partial charge in [-0.15, -0.1) is 5.53 Å². The molecular formula is C18H21F2N7O2. The van der Waals surface area contributed by atoms with E-state index in [0.717, 1.165) is 0 Å². The zero-order chi connectivity index (χ0) is 21.4. The van der Waals surface area contributed by atoms with E-state index in [-0.39, 0.29) is 23.6 Å². The molecule has 2 aromatic rings. The molecule has 0 fully saturated rings. The number of nitrogens with one attached hydrogen (secondary N) is 4. The Bertz CT molecular complexity index is 870. The van der Waals surface area contributed by atoms with Crippen molar-refractivity contribution in [2.75, 3.05) is 10.4 Å². The van der Waals surface area contributed by atoms with Gasteiger partial charge in [-0.3, -0.25) is 5.41 Å². The normalized spacial score (nSPS) is 10.5. The second kappa shape index (κ2) is 10.1. The summed E-state index contributed by atoms with van der Waals surface area (Å²) in [5.41, 5.74) is 14.9. The molecule has 0 aromatic heterocycles. The summed E-state index contributed by atoms with van der Waals surface area (Å²) in [6, 6.07) is 12.7. The summed E-state index contributed by atoms with van der Waals surface area (Å²) in [7, 11) is 0. The minimum absolute atomic E-state index is 0.129. The van der Waals surface area contributed by atoms with Crippen molar-refractivity contribution in [3.8, 4) is 17.6 Å². The van der Waals surface area contributed by atoms with Crippen LogP contribution in [0.4, 0.5) is 20.2 Å². The lowest BCUT2D eigenvalue weighted by atomic mass is 10.2. The van der Waals surface area contributed by atoms with Gasteiger partial charge in [0.15, 0.2) is 11.5 Å². The number of nitriles is 1. The molecule has 0 unspecified atom stereocenters. The topological polar surface area (TPSA) is 131 Å². The fourth-order valence-corrected chi connectivity index (χ4v) is 2.23. The number of hydrogen-bond acceptors (Lipinski definition) is 7. The molecule has 0 spiro atoms. The molecule has 9 nitrogen and oxygen atoms in total. The van der Waals surface area contributed by atoms with Crippen LogP contribution in [0.3, 0.4) is 0 Å². The predicted molar refractivity (Wildman–Crippen MR) is 104 cm³/mol. The van der Waals surface area contributed by atoms with Crippen LogP contribution in [0.2, 0.25) is 0 Å². The van der Waals surface area contributed by atoms with Gasteiger partial charge in [-0.05, 0) is 50.2 Å². The Balaban J connectivity index is 2.06. The zero-order valence-electron chi connectivity index (χ0n) is 15.7. The Morgan fingerprint density at radius 2 is 1.83 bits per heavy atom. The highest BCUT2D eigenvalue weighted by molar-refractivity contribution is 5.91. The number of guanidine groups is 1. The summed E-state index contributed by atoms with van der Waals surface area (Å²) >= 11 is 0. The third kappa shape index (κ3) is 6.49. The largest absolute Gasteiger partial charge is 0.487 e. The monoisotopic (exact) mass is 405 g/mol.